The minimum atomic E-state index is -0.905. The summed E-state index contributed by atoms with van der Waals surface area (Å²) in [5, 5.41) is 15.3. The van der Waals surface area contributed by atoms with Gasteiger partial charge in [0, 0.05) is 4.91 Å². The van der Waals surface area contributed by atoms with Crippen LogP contribution in [0.5, 0.6) is 0 Å². The molecule has 0 aromatic heterocycles. The molecule has 1 N–H and O–H groups in total. The molecule has 6 nitrogen and oxygen atoms in total. The molecule has 0 saturated heterocycles. The van der Waals surface area contributed by atoms with Gasteiger partial charge in [-0.3, -0.25) is 4.79 Å². The van der Waals surface area contributed by atoms with Crippen LogP contribution in [0.2, 0.25) is 0 Å². The van der Waals surface area contributed by atoms with E-state index in [0.717, 1.165) is 57.8 Å². The van der Waals surface area contributed by atoms with Gasteiger partial charge in [0.25, 0.3) is 0 Å². The van der Waals surface area contributed by atoms with E-state index in [9.17, 15) is 9.90 Å². The van der Waals surface area contributed by atoms with E-state index in [1.54, 1.807) is 0 Å². The summed E-state index contributed by atoms with van der Waals surface area (Å²) < 4.78 is 5.25. The minimum absolute atomic E-state index is 0.0497. The van der Waals surface area contributed by atoms with Gasteiger partial charge in [-0.1, -0.05) is 25.4 Å². The van der Waals surface area contributed by atoms with Crippen LogP contribution in [-0.2, 0) is 9.53 Å². The summed E-state index contributed by atoms with van der Waals surface area (Å²) in [7, 11) is 1.52. The Balaban J connectivity index is 1.72. The first kappa shape index (κ1) is 20.0. The largest absolute Gasteiger partial charge is 0.469 e. The van der Waals surface area contributed by atoms with Crippen molar-refractivity contribution in [3.05, 3.63) is 10.4 Å². The van der Waals surface area contributed by atoms with Crippen LogP contribution in [0.15, 0.2) is 5.11 Å². The van der Waals surface area contributed by atoms with Gasteiger partial charge in [-0.15, -0.1) is 0 Å². The van der Waals surface area contributed by atoms with E-state index < -0.39 is 11.0 Å². The van der Waals surface area contributed by atoms with E-state index >= 15 is 0 Å². The third-order valence-corrected chi connectivity index (χ3v) is 9.99. The predicted molar refractivity (Wildman–Crippen MR) is 106 cm³/mol. The lowest BCUT2D eigenvalue weighted by atomic mass is 9.40. The standard InChI is InChI=1S/C22H35N3O3/c1-18-10-6-16-19(2)8-5-9-20(3,17(26)28-4)15(19)7-11-21(16,12-18)13-22(18,27)14-24-25-23/h15-16,27H,5-14H2,1-4H3/t15-,16-,18-,19+,20+,21+,22-/m0/s1. The van der Waals surface area contributed by atoms with Gasteiger partial charge in [0.1, 0.15) is 0 Å². The fourth-order valence-electron chi connectivity index (χ4n) is 8.80. The Kier molecular flexibility index (Phi) is 4.38. The average molecular weight is 390 g/mol. The lowest BCUT2D eigenvalue weighted by molar-refractivity contribution is -0.185. The van der Waals surface area contributed by atoms with Gasteiger partial charge < -0.3 is 9.84 Å². The lowest BCUT2D eigenvalue weighted by Gasteiger charge is -2.64. The second-order valence-electron chi connectivity index (χ2n) is 11.1. The maximum atomic E-state index is 12.8. The zero-order valence-electron chi connectivity index (χ0n) is 17.8. The number of fused-ring (bicyclic) bond motifs is 3. The number of nitrogens with zero attached hydrogens (tertiary/aromatic N) is 3. The summed E-state index contributed by atoms with van der Waals surface area (Å²) in [4.78, 5) is 15.7. The van der Waals surface area contributed by atoms with E-state index in [1.807, 2.05) is 0 Å². The first-order valence-corrected chi connectivity index (χ1v) is 10.9. The summed E-state index contributed by atoms with van der Waals surface area (Å²) in [6.45, 7) is 6.91. The molecule has 4 rings (SSSR count). The smallest absolute Gasteiger partial charge is 0.311 e. The molecule has 0 aromatic carbocycles. The first-order chi connectivity index (χ1) is 13.1. The number of ether oxygens (including phenoxy) is 1. The van der Waals surface area contributed by atoms with Crippen LogP contribution < -0.4 is 0 Å². The molecule has 4 aliphatic carbocycles. The van der Waals surface area contributed by atoms with Crippen molar-refractivity contribution in [1.29, 1.82) is 0 Å². The predicted octanol–water partition coefficient (Wildman–Crippen LogP) is 5.00. The first-order valence-electron chi connectivity index (χ1n) is 10.9. The second kappa shape index (κ2) is 6.12. The molecule has 6 heteroatoms. The van der Waals surface area contributed by atoms with Crippen molar-refractivity contribution in [3.8, 4) is 0 Å². The number of methoxy groups -OCH3 is 1. The third kappa shape index (κ3) is 2.37. The van der Waals surface area contributed by atoms with Crippen LogP contribution in [0.25, 0.3) is 10.4 Å². The lowest BCUT2D eigenvalue weighted by Crippen LogP contribution is -2.58. The molecule has 1 spiro atoms. The molecule has 0 amide bonds. The Morgan fingerprint density at radius 2 is 1.86 bits per heavy atom. The zero-order chi connectivity index (χ0) is 20.4. The Labute approximate surface area is 168 Å². The Bertz CT molecular complexity index is 737. The van der Waals surface area contributed by atoms with Crippen LogP contribution in [0, 0.1) is 33.5 Å². The van der Waals surface area contributed by atoms with E-state index in [-0.39, 0.29) is 28.8 Å². The zero-order valence-corrected chi connectivity index (χ0v) is 17.8. The van der Waals surface area contributed by atoms with Crippen LogP contribution in [-0.4, -0.2) is 30.3 Å². The average Bonchev–Trinajstić information content (AvgIpc) is 2.80. The van der Waals surface area contributed by atoms with Gasteiger partial charge >= 0.3 is 5.97 Å². The van der Waals surface area contributed by atoms with Crippen molar-refractivity contribution in [2.45, 2.75) is 84.2 Å². The van der Waals surface area contributed by atoms with Crippen molar-refractivity contribution in [2.75, 3.05) is 13.7 Å². The number of azide groups is 1. The van der Waals surface area contributed by atoms with Crippen molar-refractivity contribution >= 4 is 5.97 Å². The van der Waals surface area contributed by atoms with Crippen LogP contribution in [0.4, 0.5) is 0 Å². The van der Waals surface area contributed by atoms with E-state index in [2.05, 4.69) is 30.8 Å². The third-order valence-electron chi connectivity index (χ3n) is 9.99. The molecule has 0 aromatic rings. The maximum Gasteiger partial charge on any atom is 0.311 e. The molecule has 0 unspecified atom stereocenters. The summed E-state index contributed by atoms with van der Waals surface area (Å²) in [6.07, 6.45) is 9.01. The molecular formula is C22H35N3O3. The van der Waals surface area contributed by atoms with Gasteiger partial charge in [-0.2, -0.15) is 0 Å². The van der Waals surface area contributed by atoms with Crippen LogP contribution in [0.1, 0.15) is 78.6 Å². The molecule has 4 saturated carbocycles. The second-order valence-corrected chi connectivity index (χ2v) is 11.1. The fraction of sp³-hybridized carbons (Fsp3) is 0.955. The molecular weight excluding hydrogens is 354 g/mol. The fourth-order valence-corrected chi connectivity index (χ4v) is 8.80. The number of esters is 1. The molecule has 0 heterocycles. The monoisotopic (exact) mass is 389 g/mol. The molecule has 2 bridgehead atoms. The van der Waals surface area contributed by atoms with Crippen molar-refractivity contribution in [2.24, 2.45) is 38.6 Å². The number of rotatable bonds is 3. The molecule has 156 valence electrons. The highest BCUT2D eigenvalue weighted by Gasteiger charge is 2.71. The van der Waals surface area contributed by atoms with E-state index in [4.69, 9.17) is 10.3 Å². The molecule has 0 radical (unpaired) electrons. The van der Waals surface area contributed by atoms with Gasteiger partial charge in [-0.05, 0) is 91.9 Å². The molecule has 4 aliphatic rings. The van der Waals surface area contributed by atoms with Crippen LogP contribution in [0.3, 0.4) is 0 Å². The Morgan fingerprint density at radius 1 is 1.14 bits per heavy atom. The molecule has 7 atom stereocenters. The van der Waals surface area contributed by atoms with Crippen molar-refractivity contribution in [3.63, 3.8) is 0 Å². The number of hydrogen-bond acceptors (Lipinski definition) is 4. The van der Waals surface area contributed by atoms with Gasteiger partial charge in [0.15, 0.2) is 0 Å². The minimum Gasteiger partial charge on any atom is -0.469 e. The van der Waals surface area contributed by atoms with Gasteiger partial charge in [0.05, 0.1) is 24.7 Å². The van der Waals surface area contributed by atoms with Crippen molar-refractivity contribution in [1.82, 2.24) is 0 Å². The number of hydrogen-bond donors (Lipinski definition) is 1. The summed E-state index contributed by atoms with van der Waals surface area (Å²) in [5.41, 5.74) is 7.55. The molecule has 4 fully saturated rings. The number of carbonyl (C=O) groups excluding carboxylic acids is 1. The topological polar surface area (TPSA) is 95.3 Å². The quantitative estimate of drug-likeness (QED) is 0.318. The summed E-state index contributed by atoms with van der Waals surface area (Å²) in [6, 6.07) is 0. The highest BCUT2D eigenvalue weighted by atomic mass is 16.5. The van der Waals surface area contributed by atoms with E-state index in [0.29, 0.717) is 11.8 Å². The summed E-state index contributed by atoms with van der Waals surface area (Å²) in [5.74, 6) is 0.800. The van der Waals surface area contributed by atoms with Gasteiger partial charge in [-0.25, -0.2) is 0 Å². The highest BCUT2D eigenvalue weighted by Crippen LogP contribution is 2.75. The van der Waals surface area contributed by atoms with Gasteiger partial charge in [0.2, 0.25) is 0 Å². The van der Waals surface area contributed by atoms with E-state index in [1.165, 1.54) is 7.11 Å². The highest BCUT2D eigenvalue weighted by molar-refractivity contribution is 5.77. The SMILES string of the molecule is COC(=O)[C@]1(C)CCC[C@@]2(C)[C@@H]3CC[C@@]4(C)C[C@]3(CC[C@@H]21)C[C@]4(O)CN=[N+]=[N-]. The number of carbonyl (C=O) groups is 1. The molecule has 0 aliphatic heterocycles. The Hall–Kier alpha value is -1.26. The van der Waals surface area contributed by atoms with Crippen LogP contribution >= 0.6 is 0 Å². The maximum absolute atomic E-state index is 12.8. The van der Waals surface area contributed by atoms with Crippen molar-refractivity contribution < 1.29 is 14.6 Å². The summed E-state index contributed by atoms with van der Waals surface area (Å²) >= 11 is 0. The normalized spacial score (nSPS) is 52.2. The Morgan fingerprint density at radius 3 is 2.54 bits per heavy atom. The number of aliphatic hydroxyl groups is 1. The molecule has 28 heavy (non-hydrogen) atoms.